The van der Waals surface area contributed by atoms with Crippen LogP contribution in [0, 0.1) is 0 Å². The Kier molecular flexibility index (Phi) is 44.1. The van der Waals surface area contributed by atoms with E-state index in [-0.39, 0.29) is 12.5 Å². The van der Waals surface area contributed by atoms with Crippen LogP contribution in [0.1, 0.15) is 251 Å². The molecule has 0 heterocycles. The lowest BCUT2D eigenvalue weighted by Crippen LogP contribution is -2.50. The van der Waals surface area contributed by atoms with Crippen molar-refractivity contribution in [3.05, 3.63) is 36.5 Å². The van der Waals surface area contributed by atoms with Crippen LogP contribution < -0.4 is 5.32 Å². The maximum absolute atomic E-state index is 12.4. The smallest absolute Gasteiger partial charge is 0.220 e. The predicted octanol–water partition coefficient (Wildman–Crippen LogP) is 14.3. The van der Waals surface area contributed by atoms with Gasteiger partial charge in [-0.3, -0.25) is 4.79 Å². The summed E-state index contributed by atoms with van der Waals surface area (Å²) in [4.78, 5) is 12.4. The van der Waals surface area contributed by atoms with Crippen LogP contribution >= 0.6 is 0 Å². The van der Waals surface area contributed by atoms with Crippen LogP contribution in [-0.2, 0) is 4.79 Å². The summed E-state index contributed by atoms with van der Waals surface area (Å²) in [5, 5.41) is 33.6. The van der Waals surface area contributed by atoms with Gasteiger partial charge in [-0.25, -0.2) is 0 Å². The van der Waals surface area contributed by atoms with Crippen molar-refractivity contribution in [2.75, 3.05) is 6.61 Å². The Morgan fingerprint density at radius 1 is 0.436 bits per heavy atom. The molecule has 55 heavy (non-hydrogen) atoms. The lowest BCUT2D eigenvalue weighted by Gasteiger charge is -2.26. The second-order valence-electron chi connectivity index (χ2n) is 16.6. The molecule has 0 saturated heterocycles. The first-order valence-corrected chi connectivity index (χ1v) is 24.3. The van der Waals surface area contributed by atoms with Crippen LogP contribution in [-0.4, -0.2) is 46.1 Å². The van der Waals surface area contributed by atoms with E-state index < -0.39 is 18.2 Å². The summed E-state index contributed by atoms with van der Waals surface area (Å²) < 4.78 is 0. The second kappa shape index (κ2) is 45.3. The molecule has 0 spiro atoms. The van der Waals surface area contributed by atoms with Gasteiger partial charge in [0.25, 0.3) is 0 Å². The third-order valence-electron chi connectivity index (χ3n) is 11.2. The molecule has 0 radical (unpaired) electrons. The van der Waals surface area contributed by atoms with Gasteiger partial charge in [0.05, 0.1) is 18.8 Å². The molecule has 0 bridgehead atoms. The summed E-state index contributed by atoms with van der Waals surface area (Å²) in [6.45, 7) is 4.17. The van der Waals surface area contributed by atoms with Crippen molar-refractivity contribution >= 4 is 5.91 Å². The van der Waals surface area contributed by atoms with E-state index in [1.165, 1.54) is 180 Å². The van der Waals surface area contributed by atoms with Crippen LogP contribution in [0.25, 0.3) is 0 Å². The predicted molar refractivity (Wildman–Crippen MR) is 241 cm³/mol. The van der Waals surface area contributed by atoms with Gasteiger partial charge in [-0.1, -0.05) is 204 Å². The Labute approximate surface area is 343 Å². The first-order valence-electron chi connectivity index (χ1n) is 24.3. The highest BCUT2D eigenvalue weighted by molar-refractivity contribution is 5.76. The standard InChI is InChI=1S/C50H95NO4/c1-3-5-7-9-11-13-15-17-19-21-22-23-24-25-26-27-29-30-32-34-36-38-40-42-44-48(53)50(55)47(46-52)51-49(54)45-43-41-39-37-35-33-31-28-20-18-16-14-12-10-8-6-4-2/h18,20,29-30,36,38,47-48,50,52-53,55H,3-17,19,21-28,31-35,37,39-46H2,1-2H3,(H,51,54)/b20-18-,30-29+,38-36+. The van der Waals surface area contributed by atoms with Crippen molar-refractivity contribution in [1.29, 1.82) is 0 Å². The SMILES string of the molecule is CCCCCCCC/C=C\CCCCCCCCCC(=O)NC(CO)C(O)C(O)CCC/C=C/CC/C=C/CCCCCCCCCCCCCCCCC. The van der Waals surface area contributed by atoms with E-state index in [0.29, 0.717) is 12.8 Å². The van der Waals surface area contributed by atoms with E-state index in [2.05, 4.69) is 55.6 Å². The molecule has 0 aromatic rings. The average Bonchev–Trinajstić information content (AvgIpc) is 3.19. The number of aliphatic hydroxyl groups is 3. The first-order chi connectivity index (χ1) is 27.1. The van der Waals surface area contributed by atoms with Gasteiger partial charge in [-0.05, 0) is 77.0 Å². The molecule has 5 nitrogen and oxygen atoms in total. The number of hydrogen-bond acceptors (Lipinski definition) is 4. The molecule has 324 valence electrons. The zero-order valence-electron chi connectivity index (χ0n) is 36.8. The molecule has 0 fully saturated rings. The number of amides is 1. The minimum absolute atomic E-state index is 0.162. The number of hydrogen-bond donors (Lipinski definition) is 4. The maximum atomic E-state index is 12.4. The van der Waals surface area contributed by atoms with Gasteiger partial charge in [0.15, 0.2) is 0 Å². The summed E-state index contributed by atoms with van der Waals surface area (Å²) in [5.74, 6) is -0.162. The molecule has 0 saturated carbocycles. The Balaban J connectivity index is 3.66. The van der Waals surface area contributed by atoms with E-state index in [9.17, 15) is 20.1 Å². The van der Waals surface area contributed by atoms with Crippen LogP contribution in [0.4, 0.5) is 0 Å². The fourth-order valence-electron chi connectivity index (χ4n) is 7.41. The zero-order chi connectivity index (χ0) is 40.1. The highest BCUT2D eigenvalue weighted by Gasteiger charge is 2.26. The van der Waals surface area contributed by atoms with Gasteiger partial charge in [-0.2, -0.15) is 0 Å². The first kappa shape index (κ1) is 53.6. The summed E-state index contributed by atoms with van der Waals surface area (Å²) in [5.41, 5.74) is 0. The number of allylic oxidation sites excluding steroid dienone is 6. The largest absolute Gasteiger partial charge is 0.394 e. The Hall–Kier alpha value is -1.43. The van der Waals surface area contributed by atoms with E-state index in [1.54, 1.807) is 0 Å². The van der Waals surface area contributed by atoms with Crippen molar-refractivity contribution in [2.24, 2.45) is 0 Å². The molecular weight excluding hydrogens is 679 g/mol. The van der Waals surface area contributed by atoms with Gasteiger partial charge in [-0.15, -0.1) is 0 Å². The number of carbonyl (C=O) groups is 1. The molecule has 3 unspecified atom stereocenters. The van der Waals surface area contributed by atoms with Crippen molar-refractivity contribution in [3.63, 3.8) is 0 Å². The quantitative estimate of drug-likeness (QED) is 0.0367. The van der Waals surface area contributed by atoms with Crippen molar-refractivity contribution in [3.8, 4) is 0 Å². The summed E-state index contributed by atoms with van der Waals surface area (Å²) >= 11 is 0. The van der Waals surface area contributed by atoms with Crippen molar-refractivity contribution in [1.82, 2.24) is 5.32 Å². The van der Waals surface area contributed by atoms with Crippen LogP contribution in [0.15, 0.2) is 36.5 Å². The lowest BCUT2D eigenvalue weighted by molar-refractivity contribution is -0.124. The van der Waals surface area contributed by atoms with Crippen LogP contribution in [0.3, 0.4) is 0 Å². The van der Waals surface area contributed by atoms with Gasteiger partial charge in [0.1, 0.15) is 6.10 Å². The van der Waals surface area contributed by atoms with E-state index in [0.717, 1.165) is 44.9 Å². The minimum Gasteiger partial charge on any atom is -0.394 e. The monoisotopic (exact) mass is 774 g/mol. The minimum atomic E-state index is -1.17. The highest BCUT2D eigenvalue weighted by Crippen LogP contribution is 2.15. The molecular formula is C50H95NO4. The average molecular weight is 774 g/mol. The third-order valence-corrected chi connectivity index (χ3v) is 11.2. The molecule has 4 N–H and O–H groups in total. The van der Waals surface area contributed by atoms with Gasteiger partial charge < -0.3 is 20.6 Å². The molecule has 0 aromatic carbocycles. The molecule has 3 atom stereocenters. The molecule has 1 amide bonds. The summed E-state index contributed by atoms with van der Waals surface area (Å²) in [6.07, 6.45) is 57.0. The van der Waals surface area contributed by atoms with Crippen LogP contribution in [0.5, 0.6) is 0 Å². The Morgan fingerprint density at radius 3 is 1.11 bits per heavy atom. The Bertz CT molecular complexity index is 855. The lowest BCUT2D eigenvalue weighted by atomic mass is 10.0. The molecule has 0 rings (SSSR count). The Morgan fingerprint density at radius 2 is 0.745 bits per heavy atom. The van der Waals surface area contributed by atoms with Gasteiger partial charge in [0, 0.05) is 6.42 Å². The third kappa shape index (κ3) is 40.6. The number of aliphatic hydroxyl groups excluding tert-OH is 3. The molecule has 5 heteroatoms. The maximum Gasteiger partial charge on any atom is 0.220 e. The van der Waals surface area contributed by atoms with E-state index in [1.807, 2.05) is 0 Å². The van der Waals surface area contributed by atoms with Crippen molar-refractivity contribution in [2.45, 2.75) is 270 Å². The molecule has 0 aliphatic heterocycles. The molecule has 0 aliphatic carbocycles. The normalized spacial score (nSPS) is 13.8. The summed E-state index contributed by atoms with van der Waals surface area (Å²) in [6, 6.07) is -0.834. The fraction of sp³-hybridized carbons (Fsp3) is 0.860. The second-order valence-corrected chi connectivity index (χ2v) is 16.6. The van der Waals surface area contributed by atoms with Crippen molar-refractivity contribution < 1.29 is 20.1 Å². The zero-order valence-corrected chi connectivity index (χ0v) is 36.8. The molecule has 0 aromatic heterocycles. The number of rotatable bonds is 44. The van der Waals surface area contributed by atoms with Gasteiger partial charge >= 0.3 is 0 Å². The van der Waals surface area contributed by atoms with E-state index >= 15 is 0 Å². The number of unbranched alkanes of at least 4 members (excludes halogenated alkanes) is 30. The molecule has 0 aliphatic rings. The fourth-order valence-corrected chi connectivity index (χ4v) is 7.41. The summed E-state index contributed by atoms with van der Waals surface area (Å²) in [7, 11) is 0. The van der Waals surface area contributed by atoms with E-state index in [4.69, 9.17) is 0 Å². The highest BCUT2D eigenvalue weighted by atomic mass is 16.3. The number of carbonyl (C=O) groups excluding carboxylic acids is 1. The topological polar surface area (TPSA) is 89.8 Å². The van der Waals surface area contributed by atoms with Gasteiger partial charge in [0.2, 0.25) is 5.91 Å². The van der Waals surface area contributed by atoms with Crippen LogP contribution in [0.2, 0.25) is 0 Å². The number of nitrogens with one attached hydrogen (secondary N) is 1.